The van der Waals surface area contributed by atoms with E-state index in [1.54, 1.807) is 0 Å². The van der Waals surface area contributed by atoms with Crippen molar-refractivity contribution >= 4 is 38.7 Å². The third-order valence-electron chi connectivity index (χ3n) is 5.27. The lowest BCUT2D eigenvalue weighted by Gasteiger charge is -2.25. The van der Waals surface area contributed by atoms with Crippen molar-refractivity contribution in [2.45, 2.75) is 23.7 Å². The van der Waals surface area contributed by atoms with Crippen LogP contribution in [0.4, 0.5) is 4.79 Å². The molecule has 0 bridgehead atoms. The average Bonchev–Trinajstić information content (AvgIpc) is 3.13. The van der Waals surface area contributed by atoms with Gasteiger partial charge in [0.25, 0.3) is 0 Å². The molecule has 1 heterocycles. The first-order valence-corrected chi connectivity index (χ1v) is 10.2. The maximum atomic E-state index is 13.2. The second kappa shape index (κ2) is 7.76. The molecule has 0 saturated carbocycles. The van der Waals surface area contributed by atoms with Crippen LogP contribution < -0.4 is 0 Å². The molecule has 0 spiro atoms. The Kier molecular flexibility index (Phi) is 5.18. The molecule has 0 aliphatic carbocycles. The predicted octanol–water partition coefficient (Wildman–Crippen LogP) is 5.43. The number of imide groups is 1. The molecule has 5 heteroatoms. The van der Waals surface area contributed by atoms with Crippen molar-refractivity contribution in [2.75, 3.05) is 6.61 Å². The number of hydrogen-bond donors (Lipinski definition) is 0. The molecule has 4 nitrogen and oxygen atoms in total. The summed E-state index contributed by atoms with van der Waals surface area (Å²) in [5.74, 6) is -0.390. The van der Waals surface area contributed by atoms with Crippen LogP contribution in [0.3, 0.4) is 0 Å². The summed E-state index contributed by atoms with van der Waals surface area (Å²) >= 11 is 3.55. The van der Waals surface area contributed by atoms with Gasteiger partial charge in [-0.3, -0.25) is 4.79 Å². The van der Waals surface area contributed by atoms with Crippen molar-refractivity contribution in [2.24, 2.45) is 0 Å². The van der Waals surface area contributed by atoms with E-state index in [0.29, 0.717) is 0 Å². The minimum atomic E-state index is -0.589. The molecule has 0 aromatic heterocycles. The first-order chi connectivity index (χ1) is 13.6. The number of alkyl halides is 1. The lowest BCUT2D eigenvalue weighted by Crippen LogP contribution is -2.40. The quantitative estimate of drug-likeness (QED) is 0.511. The number of carbonyl (C=O) groups excluding carboxylic acids is 2. The van der Waals surface area contributed by atoms with Crippen molar-refractivity contribution in [1.29, 1.82) is 0 Å². The summed E-state index contributed by atoms with van der Waals surface area (Å²) in [7, 11) is 0. The summed E-state index contributed by atoms with van der Waals surface area (Å²) in [6.07, 6.45) is -0.589. The topological polar surface area (TPSA) is 46.6 Å². The highest BCUT2D eigenvalue weighted by molar-refractivity contribution is 9.10. The molecule has 1 fully saturated rings. The fourth-order valence-corrected chi connectivity index (χ4v) is 4.12. The van der Waals surface area contributed by atoms with Crippen LogP contribution in [0, 0.1) is 0 Å². The Balaban J connectivity index is 1.59. The lowest BCUT2D eigenvalue weighted by atomic mass is 9.94. The van der Waals surface area contributed by atoms with Gasteiger partial charge in [0, 0.05) is 5.92 Å². The molecule has 28 heavy (non-hydrogen) atoms. The SMILES string of the molecule is C[C@H](c1ccc2ccccc2c1)[C@@H](Br)C(=O)N1C(=O)OC[C@H]1c1ccccc1. The number of fused-ring (bicyclic) bond motifs is 1. The van der Waals surface area contributed by atoms with E-state index in [4.69, 9.17) is 4.74 Å². The summed E-state index contributed by atoms with van der Waals surface area (Å²) in [5, 5.41) is 2.28. The first kappa shape index (κ1) is 18.7. The van der Waals surface area contributed by atoms with Crippen LogP contribution >= 0.6 is 15.9 Å². The Morgan fingerprint density at radius 1 is 1.04 bits per heavy atom. The molecule has 142 valence electrons. The van der Waals surface area contributed by atoms with Gasteiger partial charge in [-0.2, -0.15) is 0 Å². The van der Waals surface area contributed by atoms with Gasteiger partial charge in [0.15, 0.2) is 0 Å². The number of hydrogen-bond acceptors (Lipinski definition) is 3. The number of halogens is 1. The fourth-order valence-electron chi connectivity index (χ4n) is 3.59. The Hall–Kier alpha value is -2.66. The molecule has 1 saturated heterocycles. The van der Waals surface area contributed by atoms with Gasteiger partial charge in [-0.25, -0.2) is 9.69 Å². The van der Waals surface area contributed by atoms with Crippen molar-refractivity contribution in [3.05, 3.63) is 83.9 Å². The van der Waals surface area contributed by atoms with Gasteiger partial charge in [0.05, 0.1) is 0 Å². The van der Waals surface area contributed by atoms with Gasteiger partial charge in [0.2, 0.25) is 5.91 Å². The van der Waals surface area contributed by atoms with E-state index in [0.717, 1.165) is 21.9 Å². The summed E-state index contributed by atoms with van der Waals surface area (Å²) in [4.78, 5) is 26.2. The van der Waals surface area contributed by atoms with Gasteiger partial charge in [-0.15, -0.1) is 0 Å². The number of rotatable bonds is 4. The molecular weight excluding hydrogens is 418 g/mol. The number of nitrogens with zero attached hydrogens (tertiary/aromatic N) is 1. The second-order valence-electron chi connectivity index (χ2n) is 7.01. The standard InChI is InChI=1S/C23H20BrNO3/c1-15(18-12-11-16-7-5-6-10-19(16)13-18)21(24)22(26)25-20(14-28-23(25)27)17-8-3-2-4-9-17/h2-13,15,20-21H,14H2,1H3/t15-,20+,21-/m1/s1. The van der Waals surface area contributed by atoms with Crippen molar-refractivity contribution < 1.29 is 14.3 Å². The number of benzene rings is 3. The summed E-state index contributed by atoms with van der Waals surface area (Å²) in [6, 6.07) is 23.4. The third kappa shape index (κ3) is 3.42. The minimum Gasteiger partial charge on any atom is -0.446 e. The van der Waals surface area contributed by atoms with Gasteiger partial charge < -0.3 is 4.74 Å². The highest BCUT2D eigenvalue weighted by Crippen LogP contribution is 2.34. The molecule has 0 radical (unpaired) electrons. The van der Waals surface area contributed by atoms with Crippen LogP contribution in [-0.2, 0) is 9.53 Å². The molecular formula is C23H20BrNO3. The van der Waals surface area contributed by atoms with E-state index in [2.05, 4.69) is 40.2 Å². The Labute approximate surface area is 172 Å². The molecule has 3 aromatic carbocycles. The maximum Gasteiger partial charge on any atom is 0.417 e. The van der Waals surface area contributed by atoms with E-state index >= 15 is 0 Å². The zero-order chi connectivity index (χ0) is 19.7. The number of ether oxygens (including phenoxy) is 1. The second-order valence-corrected chi connectivity index (χ2v) is 8.00. The smallest absolute Gasteiger partial charge is 0.417 e. The monoisotopic (exact) mass is 437 g/mol. The van der Waals surface area contributed by atoms with Gasteiger partial charge >= 0.3 is 6.09 Å². The van der Waals surface area contributed by atoms with Crippen LogP contribution in [0.5, 0.6) is 0 Å². The summed E-state index contributed by atoms with van der Waals surface area (Å²) < 4.78 is 5.19. The van der Waals surface area contributed by atoms with Crippen LogP contribution in [0.2, 0.25) is 0 Å². The van der Waals surface area contributed by atoms with Crippen LogP contribution in [-0.4, -0.2) is 28.3 Å². The molecule has 0 N–H and O–H groups in total. The number of carbonyl (C=O) groups is 2. The number of cyclic esters (lactones) is 1. The Morgan fingerprint density at radius 3 is 2.46 bits per heavy atom. The molecule has 1 aliphatic rings. The molecule has 4 rings (SSSR count). The predicted molar refractivity (Wildman–Crippen MR) is 112 cm³/mol. The lowest BCUT2D eigenvalue weighted by molar-refractivity contribution is -0.128. The summed E-state index contributed by atoms with van der Waals surface area (Å²) in [5.41, 5.74) is 1.93. The van der Waals surface area contributed by atoms with Crippen molar-refractivity contribution in [3.63, 3.8) is 0 Å². The van der Waals surface area contributed by atoms with Gasteiger partial charge in [0.1, 0.15) is 17.5 Å². The molecule has 0 unspecified atom stereocenters. The van der Waals surface area contributed by atoms with E-state index in [1.165, 1.54) is 4.90 Å². The van der Waals surface area contributed by atoms with Gasteiger partial charge in [-0.1, -0.05) is 95.7 Å². The summed E-state index contributed by atoms with van der Waals surface area (Å²) in [6.45, 7) is 2.17. The van der Waals surface area contributed by atoms with E-state index in [-0.39, 0.29) is 18.4 Å². The van der Waals surface area contributed by atoms with Crippen LogP contribution in [0.15, 0.2) is 72.8 Å². The zero-order valence-corrected chi connectivity index (χ0v) is 17.0. The van der Waals surface area contributed by atoms with Gasteiger partial charge in [-0.05, 0) is 21.9 Å². The normalized spacial score (nSPS) is 18.7. The molecule has 1 aliphatic heterocycles. The number of amides is 2. The average molecular weight is 438 g/mol. The van der Waals surface area contributed by atoms with E-state index < -0.39 is 17.0 Å². The first-order valence-electron chi connectivity index (χ1n) is 9.24. The highest BCUT2D eigenvalue weighted by Gasteiger charge is 2.42. The molecule has 3 atom stereocenters. The minimum absolute atomic E-state index is 0.109. The van der Waals surface area contributed by atoms with Crippen LogP contribution in [0.1, 0.15) is 30.0 Å². The third-order valence-corrected chi connectivity index (χ3v) is 6.45. The van der Waals surface area contributed by atoms with Crippen molar-refractivity contribution in [3.8, 4) is 0 Å². The molecule has 2 amide bonds. The fraction of sp³-hybridized carbons (Fsp3) is 0.217. The highest BCUT2D eigenvalue weighted by atomic mass is 79.9. The Bertz CT molecular complexity index is 1020. The van der Waals surface area contributed by atoms with E-state index in [9.17, 15) is 9.59 Å². The maximum absolute atomic E-state index is 13.2. The zero-order valence-electron chi connectivity index (χ0n) is 15.4. The van der Waals surface area contributed by atoms with Crippen LogP contribution in [0.25, 0.3) is 10.8 Å². The van der Waals surface area contributed by atoms with Crippen molar-refractivity contribution in [1.82, 2.24) is 4.90 Å². The van der Waals surface area contributed by atoms with E-state index in [1.807, 2.05) is 55.5 Å². The Morgan fingerprint density at radius 2 is 1.71 bits per heavy atom. The largest absolute Gasteiger partial charge is 0.446 e. The molecule has 3 aromatic rings.